The second-order valence-corrected chi connectivity index (χ2v) is 9.33. The van der Waals surface area contributed by atoms with E-state index in [-0.39, 0.29) is 17.9 Å². The highest BCUT2D eigenvalue weighted by atomic mass is 16.2. The Morgan fingerprint density at radius 3 is 2.88 bits per heavy atom. The fraction of sp³-hybridized carbons (Fsp3) is 0.440. The third-order valence-corrected chi connectivity index (χ3v) is 6.53. The second-order valence-electron chi connectivity index (χ2n) is 9.33. The van der Waals surface area contributed by atoms with Gasteiger partial charge in [-0.05, 0) is 37.3 Å². The summed E-state index contributed by atoms with van der Waals surface area (Å²) < 4.78 is 0. The summed E-state index contributed by atoms with van der Waals surface area (Å²) in [6.07, 6.45) is 4.41. The Morgan fingerprint density at radius 2 is 2.06 bits per heavy atom. The number of aryl methyl sites for hydroxylation is 1. The van der Waals surface area contributed by atoms with Crippen LogP contribution in [0.4, 0.5) is 5.82 Å². The second kappa shape index (κ2) is 8.04. The lowest BCUT2D eigenvalue weighted by atomic mass is 10.1. The van der Waals surface area contributed by atoms with Gasteiger partial charge in [-0.25, -0.2) is 9.97 Å². The van der Waals surface area contributed by atoms with Gasteiger partial charge in [0.15, 0.2) is 5.82 Å². The van der Waals surface area contributed by atoms with Gasteiger partial charge in [-0.3, -0.25) is 14.5 Å². The molecule has 1 fully saturated rings. The number of para-hydroxylation sites is 1. The zero-order valence-corrected chi connectivity index (χ0v) is 18.9. The highest BCUT2D eigenvalue weighted by Gasteiger charge is 2.36. The first-order chi connectivity index (χ1) is 15.4. The molecule has 1 atom stereocenters. The Bertz CT molecular complexity index is 1200. The van der Waals surface area contributed by atoms with Gasteiger partial charge in [-0.1, -0.05) is 32.0 Å². The molecule has 2 aliphatic heterocycles. The summed E-state index contributed by atoms with van der Waals surface area (Å²) in [5.41, 5.74) is 3.83. The van der Waals surface area contributed by atoms with Crippen LogP contribution in [-0.2, 0) is 22.4 Å². The molecule has 2 aliphatic rings. The van der Waals surface area contributed by atoms with Crippen molar-refractivity contribution in [2.75, 3.05) is 18.0 Å². The van der Waals surface area contributed by atoms with Gasteiger partial charge in [0.25, 0.3) is 0 Å². The van der Waals surface area contributed by atoms with E-state index in [1.165, 1.54) is 0 Å². The van der Waals surface area contributed by atoms with Crippen LogP contribution in [0.2, 0.25) is 0 Å². The molecular weight excluding hydrogens is 402 g/mol. The fourth-order valence-corrected chi connectivity index (χ4v) is 4.98. The molecule has 0 spiro atoms. The molecule has 2 amide bonds. The Balaban J connectivity index is 1.42. The first-order valence-corrected chi connectivity index (χ1v) is 11.4. The molecule has 166 valence electrons. The SMILES string of the molecule is Cc1nc([C@H]2CCCN2C(=O)Cc2c[nH]c3ccccc23)nc2c1CC(=O)N2CC(C)C. The van der Waals surface area contributed by atoms with Crippen LogP contribution in [-0.4, -0.2) is 44.8 Å². The van der Waals surface area contributed by atoms with Crippen LogP contribution in [0, 0.1) is 12.8 Å². The maximum absolute atomic E-state index is 13.3. The molecule has 1 aromatic carbocycles. The van der Waals surface area contributed by atoms with Gasteiger partial charge in [0.2, 0.25) is 11.8 Å². The third kappa shape index (κ3) is 3.55. The van der Waals surface area contributed by atoms with Crippen LogP contribution in [0.25, 0.3) is 10.9 Å². The molecule has 2 aromatic heterocycles. The number of anilines is 1. The van der Waals surface area contributed by atoms with Crippen LogP contribution >= 0.6 is 0 Å². The lowest BCUT2D eigenvalue weighted by Crippen LogP contribution is -2.34. The van der Waals surface area contributed by atoms with E-state index in [1.54, 1.807) is 4.90 Å². The number of likely N-dealkylation sites (tertiary alicyclic amines) is 1. The normalized spacial score (nSPS) is 18.2. The zero-order valence-electron chi connectivity index (χ0n) is 18.9. The van der Waals surface area contributed by atoms with Crippen molar-refractivity contribution in [1.29, 1.82) is 0 Å². The smallest absolute Gasteiger partial charge is 0.232 e. The largest absolute Gasteiger partial charge is 0.361 e. The number of fused-ring (bicyclic) bond motifs is 2. The molecule has 7 heteroatoms. The lowest BCUT2D eigenvalue weighted by Gasteiger charge is -2.25. The molecule has 32 heavy (non-hydrogen) atoms. The predicted molar refractivity (Wildman–Crippen MR) is 123 cm³/mol. The number of rotatable bonds is 5. The molecular formula is C25H29N5O2. The number of carbonyl (C=O) groups excluding carboxylic acids is 2. The van der Waals surface area contributed by atoms with Gasteiger partial charge in [-0.2, -0.15) is 0 Å². The van der Waals surface area contributed by atoms with Crippen molar-refractivity contribution < 1.29 is 9.59 Å². The number of hydrogen-bond donors (Lipinski definition) is 1. The molecule has 0 saturated carbocycles. The van der Waals surface area contributed by atoms with E-state index in [1.807, 2.05) is 42.3 Å². The number of nitrogens with zero attached hydrogens (tertiary/aromatic N) is 4. The third-order valence-electron chi connectivity index (χ3n) is 6.53. The number of hydrogen-bond acceptors (Lipinski definition) is 4. The first kappa shape index (κ1) is 20.7. The van der Waals surface area contributed by atoms with E-state index >= 15 is 0 Å². The van der Waals surface area contributed by atoms with E-state index in [2.05, 4.69) is 18.8 Å². The van der Waals surface area contributed by atoms with Crippen LogP contribution in [0.5, 0.6) is 0 Å². The van der Waals surface area contributed by atoms with E-state index in [0.29, 0.717) is 37.7 Å². The van der Waals surface area contributed by atoms with Gasteiger partial charge in [0.05, 0.1) is 18.9 Å². The van der Waals surface area contributed by atoms with Crippen LogP contribution in [0.15, 0.2) is 30.5 Å². The van der Waals surface area contributed by atoms with Crippen LogP contribution in [0.3, 0.4) is 0 Å². The maximum atomic E-state index is 13.3. The zero-order chi connectivity index (χ0) is 22.4. The van der Waals surface area contributed by atoms with E-state index in [4.69, 9.17) is 9.97 Å². The van der Waals surface area contributed by atoms with Crippen molar-refractivity contribution in [2.24, 2.45) is 5.92 Å². The lowest BCUT2D eigenvalue weighted by molar-refractivity contribution is -0.131. The average molecular weight is 432 g/mol. The summed E-state index contributed by atoms with van der Waals surface area (Å²) in [6, 6.07) is 7.90. The minimum absolute atomic E-state index is 0.0851. The van der Waals surface area contributed by atoms with Crippen molar-refractivity contribution in [2.45, 2.75) is 52.5 Å². The number of H-pyrrole nitrogens is 1. The number of nitrogens with one attached hydrogen (secondary N) is 1. The fourth-order valence-electron chi connectivity index (χ4n) is 4.98. The summed E-state index contributed by atoms with van der Waals surface area (Å²) in [5, 5.41) is 1.09. The Labute approximate surface area is 187 Å². The Hall–Kier alpha value is -3.22. The van der Waals surface area contributed by atoms with Crippen molar-refractivity contribution >= 4 is 28.5 Å². The molecule has 5 rings (SSSR count). The topological polar surface area (TPSA) is 82.2 Å². The van der Waals surface area contributed by atoms with Gasteiger partial charge in [0, 0.05) is 41.4 Å². The highest BCUT2D eigenvalue weighted by Crippen LogP contribution is 2.35. The summed E-state index contributed by atoms with van der Waals surface area (Å²) in [5.74, 6) is 1.93. The van der Waals surface area contributed by atoms with E-state index in [0.717, 1.165) is 46.4 Å². The standard InChI is InChI=1S/C25H29N5O2/c1-15(2)14-30-23(32)12-19-16(3)27-24(28-25(19)30)21-9-6-10-29(21)22(31)11-17-13-26-20-8-5-4-7-18(17)20/h4-5,7-8,13,15,21,26H,6,9-12,14H2,1-3H3/t21-/m1/s1. The number of benzene rings is 1. The van der Waals surface area contributed by atoms with E-state index < -0.39 is 0 Å². The molecule has 0 radical (unpaired) electrons. The molecule has 4 heterocycles. The first-order valence-electron chi connectivity index (χ1n) is 11.4. The van der Waals surface area contributed by atoms with Crippen molar-refractivity contribution in [3.63, 3.8) is 0 Å². The van der Waals surface area contributed by atoms with Gasteiger partial charge < -0.3 is 9.88 Å². The highest BCUT2D eigenvalue weighted by molar-refractivity contribution is 6.00. The van der Waals surface area contributed by atoms with Gasteiger partial charge >= 0.3 is 0 Å². The average Bonchev–Trinajstić information content (AvgIpc) is 3.47. The molecule has 0 aliphatic carbocycles. The number of amides is 2. The summed E-state index contributed by atoms with van der Waals surface area (Å²) in [4.78, 5) is 42.5. The molecule has 3 aromatic rings. The van der Waals surface area contributed by atoms with Gasteiger partial charge in [-0.15, -0.1) is 0 Å². The molecule has 0 unspecified atom stereocenters. The summed E-state index contributed by atoms with van der Waals surface area (Å²) >= 11 is 0. The van der Waals surface area contributed by atoms with Crippen molar-refractivity contribution in [3.8, 4) is 0 Å². The summed E-state index contributed by atoms with van der Waals surface area (Å²) in [7, 11) is 0. The monoisotopic (exact) mass is 431 g/mol. The quantitative estimate of drug-likeness (QED) is 0.668. The molecule has 1 saturated heterocycles. The predicted octanol–water partition coefficient (Wildman–Crippen LogP) is 3.72. The Morgan fingerprint density at radius 1 is 1.25 bits per heavy atom. The molecule has 0 bridgehead atoms. The van der Waals surface area contributed by atoms with Crippen LogP contribution < -0.4 is 4.90 Å². The van der Waals surface area contributed by atoms with Crippen molar-refractivity contribution in [1.82, 2.24) is 19.9 Å². The van der Waals surface area contributed by atoms with Crippen molar-refractivity contribution in [3.05, 3.63) is 53.1 Å². The van der Waals surface area contributed by atoms with Gasteiger partial charge in [0.1, 0.15) is 5.82 Å². The number of aromatic amines is 1. The Kier molecular flexibility index (Phi) is 5.19. The van der Waals surface area contributed by atoms with Crippen LogP contribution in [0.1, 0.15) is 55.4 Å². The molecule has 1 N–H and O–H groups in total. The summed E-state index contributed by atoms with van der Waals surface area (Å²) in [6.45, 7) is 7.50. The number of carbonyl (C=O) groups is 2. The van der Waals surface area contributed by atoms with E-state index in [9.17, 15) is 9.59 Å². The molecule has 7 nitrogen and oxygen atoms in total. The number of aromatic nitrogens is 3. The minimum atomic E-state index is -0.145. The maximum Gasteiger partial charge on any atom is 0.232 e. The minimum Gasteiger partial charge on any atom is -0.361 e.